The largest absolute Gasteiger partial charge is 0.479 e. The second-order valence-corrected chi connectivity index (χ2v) is 9.61. The molecule has 9 nitrogen and oxygen atoms in total. The molecule has 0 radical (unpaired) electrons. The van der Waals surface area contributed by atoms with E-state index < -0.39 is 23.9 Å². The van der Waals surface area contributed by atoms with Crippen LogP contribution in [0.4, 0.5) is 23.5 Å². The molecule has 2 fully saturated rings. The molecule has 190 valence electrons. The monoisotopic (exact) mass is 504 g/mol. The summed E-state index contributed by atoms with van der Waals surface area (Å²) in [6.07, 6.45) is 1.41. The van der Waals surface area contributed by atoms with E-state index in [1.165, 1.54) is 11.6 Å². The SMILES string of the molecule is COc1nc(N[C@@H]2CCN(C)CC2(F)F)nn2ccc(-c3ccc4nnn(C5CC(F)(F)C5)c4c3)c12. The first-order valence-corrected chi connectivity index (χ1v) is 11.6. The Morgan fingerprint density at radius 2 is 1.94 bits per heavy atom. The van der Waals surface area contributed by atoms with Crippen molar-refractivity contribution in [2.75, 3.05) is 32.6 Å². The normalized spacial score (nSPS) is 22.1. The number of anilines is 1. The number of halogens is 4. The Balaban J connectivity index is 1.35. The van der Waals surface area contributed by atoms with Crippen LogP contribution in [0, 0.1) is 0 Å². The molecule has 36 heavy (non-hydrogen) atoms. The van der Waals surface area contributed by atoms with E-state index in [1.54, 1.807) is 28.9 Å². The maximum absolute atomic E-state index is 14.5. The van der Waals surface area contributed by atoms with Crippen LogP contribution in [0.1, 0.15) is 25.3 Å². The highest BCUT2D eigenvalue weighted by atomic mass is 19.3. The maximum Gasteiger partial charge on any atom is 0.280 e. The van der Waals surface area contributed by atoms with Gasteiger partial charge in [0.25, 0.3) is 11.8 Å². The lowest BCUT2D eigenvalue weighted by Gasteiger charge is -2.36. The van der Waals surface area contributed by atoms with Crippen LogP contribution in [0.5, 0.6) is 5.88 Å². The number of nitrogens with one attached hydrogen (secondary N) is 1. The number of rotatable bonds is 5. The number of hydrogen-bond donors (Lipinski definition) is 1. The molecular formula is C23H24F4N8O. The van der Waals surface area contributed by atoms with Gasteiger partial charge in [-0.05, 0) is 37.2 Å². The van der Waals surface area contributed by atoms with Crippen LogP contribution >= 0.6 is 0 Å². The number of methoxy groups -OCH3 is 1. The standard InChI is InChI=1S/C23H24F4N8O/c1-33-7-6-18(23(26,27)12-33)28-21-29-20(36-2)19-15(5-8-34(19)31-21)13-3-4-16-17(9-13)35(32-30-16)14-10-22(24,25)11-14/h3-5,8-9,14,18H,6-7,10-12H2,1-2H3,(H,28,31)/t18-/m1/s1. The molecule has 4 heterocycles. The summed E-state index contributed by atoms with van der Waals surface area (Å²) >= 11 is 0. The summed E-state index contributed by atoms with van der Waals surface area (Å²) in [6.45, 7) is 0.191. The Hall–Kier alpha value is -3.48. The Morgan fingerprint density at radius 1 is 1.14 bits per heavy atom. The number of nitrogens with zero attached hydrogens (tertiary/aromatic N) is 7. The molecular weight excluding hydrogens is 480 g/mol. The quantitative estimate of drug-likeness (QED) is 0.413. The molecule has 3 aromatic heterocycles. The number of aromatic nitrogens is 6. The van der Waals surface area contributed by atoms with Gasteiger partial charge >= 0.3 is 0 Å². The minimum Gasteiger partial charge on any atom is -0.479 e. The second kappa shape index (κ2) is 8.02. The minimum absolute atomic E-state index is 0.0411. The average molecular weight is 504 g/mol. The van der Waals surface area contributed by atoms with E-state index in [2.05, 4.69) is 25.7 Å². The minimum atomic E-state index is -2.93. The number of piperidine rings is 1. The molecule has 0 unspecified atom stereocenters. The third kappa shape index (κ3) is 3.81. The molecule has 0 bridgehead atoms. The molecule has 0 spiro atoms. The fourth-order valence-corrected chi connectivity index (χ4v) is 5.05. The Bertz CT molecular complexity index is 1440. The number of ether oxygens (including phenoxy) is 1. The number of alkyl halides is 4. The van der Waals surface area contributed by atoms with E-state index in [0.29, 0.717) is 23.1 Å². The Morgan fingerprint density at radius 3 is 2.67 bits per heavy atom. The summed E-state index contributed by atoms with van der Waals surface area (Å²) in [4.78, 5) is 5.96. The van der Waals surface area contributed by atoms with Gasteiger partial charge in [0, 0.05) is 31.1 Å². The van der Waals surface area contributed by atoms with Crippen LogP contribution in [0.15, 0.2) is 30.5 Å². The van der Waals surface area contributed by atoms with Gasteiger partial charge in [-0.2, -0.15) is 4.98 Å². The summed E-state index contributed by atoms with van der Waals surface area (Å²) in [5.41, 5.74) is 3.30. The van der Waals surface area contributed by atoms with Crippen LogP contribution in [-0.2, 0) is 0 Å². The molecule has 1 N–H and O–H groups in total. The van der Waals surface area contributed by atoms with Gasteiger partial charge < -0.3 is 15.0 Å². The van der Waals surface area contributed by atoms with E-state index in [9.17, 15) is 17.6 Å². The third-order valence-corrected chi connectivity index (χ3v) is 6.96. The van der Waals surface area contributed by atoms with Gasteiger partial charge in [-0.3, -0.25) is 0 Å². The van der Waals surface area contributed by atoms with Crippen molar-refractivity contribution in [3.05, 3.63) is 30.5 Å². The predicted octanol–water partition coefficient (Wildman–Crippen LogP) is 3.87. The van der Waals surface area contributed by atoms with Gasteiger partial charge in [-0.1, -0.05) is 11.3 Å². The molecule has 1 aliphatic carbocycles. The van der Waals surface area contributed by atoms with Crippen molar-refractivity contribution in [3.63, 3.8) is 0 Å². The molecule has 2 aliphatic rings. The van der Waals surface area contributed by atoms with Gasteiger partial charge in [0.2, 0.25) is 11.8 Å². The van der Waals surface area contributed by atoms with Gasteiger partial charge in [0.1, 0.15) is 11.0 Å². The Labute approximate surface area is 203 Å². The van der Waals surface area contributed by atoms with E-state index in [-0.39, 0.29) is 37.6 Å². The Kier molecular flexibility index (Phi) is 5.11. The lowest BCUT2D eigenvalue weighted by atomic mass is 9.88. The molecule has 0 amide bonds. The first kappa shape index (κ1) is 23.0. The first-order chi connectivity index (χ1) is 17.1. The molecule has 1 saturated carbocycles. The topological polar surface area (TPSA) is 85.4 Å². The fourth-order valence-electron chi connectivity index (χ4n) is 5.05. The van der Waals surface area contributed by atoms with Crippen molar-refractivity contribution in [1.29, 1.82) is 0 Å². The third-order valence-electron chi connectivity index (χ3n) is 6.96. The predicted molar refractivity (Wildman–Crippen MR) is 124 cm³/mol. The van der Waals surface area contributed by atoms with E-state index in [0.717, 1.165) is 11.1 Å². The van der Waals surface area contributed by atoms with Crippen LogP contribution in [0.25, 0.3) is 27.7 Å². The first-order valence-electron chi connectivity index (χ1n) is 11.6. The zero-order valence-electron chi connectivity index (χ0n) is 19.6. The van der Waals surface area contributed by atoms with Crippen molar-refractivity contribution >= 4 is 22.5 Å². The van der Waals surface area contributed by atoms with Crippen molar-refractivity contribution in [1.82, 2.24) is 34.5 Å². The summed E-state index contributed by atoms with van der Waals surface area (Å²) in [5.74, 6) is -5.35. The zero-order valence-corrected chi connectivity index (χ0v) is 19.6. The van der Waals surface area contributed by atoms with Gasteiger partial charge in [-0.15, -0.1) is 10.2 Å². The highest BCUT2D eigenvalue weighted by molar-refractivity contribution is 5.89. The van der Waals surface area contributed by atoms with Crippen molar-refractivity contribution in [2.24, 2.45) is 0 Å². The highest BCUT2D eigenvalue weighted by Crippen LogP contribution is 2.46. The maximum atomic E-state index is 14.5. The zero-order chi connectivity index (χ0) is 25.2. The smallest absolute Gasteiger partial charge is 0.280 e. The van der Waals surface area contributed by atoms with Crippen LogP contribution in [0.2, 0.25) is 0 Å². The van der Waals surface area contributed by atoms with Crippen molar-refractivity contribution < 1.29 is 22.3 Å². The second-order valence-electron chi connectivity index (χ2n) is 9.61. The number of likely N-dealkylation sites (tertiary alicyclic amines) is 1. The molecule has 13 heteroatoms. The van der Waals surface area contributed by atoms with Crippen LogP contribution in [-0.4, -0.2) is 79.6 Å². The highest BCUT2D eigenvalue weighted by Gasteiger charge is 2.47. The summed E-state index contributed by atoms with van der Waals surface area (Å²) in [5, 5.41) is 15.4. The van der Waals surface area contributed by atoms with Crippen LogP contribution in [0.3, 0.4) is 0 Å². The van der Waals surface area contributed by atoms with E-state index in [1.807, 2.05) is 18.2 Å². The van der Waals surface area contributed by atoms with E-state index in [4.69, 9.17) is 4.74 Å². The summed E-state index contributed by atoms with van der Waals surface area (Å²) < 4.78 is 64.5. The molecule has 1 aromatic carbocycles. The van der Waals surface area contributed by atoms with Gasteiger partial charge in [-0.25, -0.2) is 26.8 Å². The van der Waals surface area contributed by atoms with Crippen molar-refractivity contribution in [2.45, 2.75) is 43.2 Å². The lowest BCUT2D eigenvalue weighted by Crippen LogP contribution is -2.53. The van der Waals surface area contributed by atoms with Gasteiger partial charge in [0.05, 0.1) is 31.3 Å². The molecule has 1 atom stereocenters. The molecule has 4 aromatic rings. The summed E-state index contributed by atoms with van der Waals surface area (Å²) in [6, 6.07) is 5.77. The van der Waals surface area contributed by atoms with Gasteiger partial charge in [0.15, 0.2) is 0 Å². The van der Waals surface area contributed by atoms with Crippen molar-refractivity contribution in [3.8, 4) is 17.0 Å². The van der Waals surface area contributed by atoms with Crippen LogP contribution < -0.4 is 10.1 Å². The number of hydrogen-bond acceptors (Lipinski definition) is 7. The average Bonchev–Trinajstić information content (AvgIpc) is 3.42. The molecule has 1 saturated heterocycles. The number of benzene rings is 1. The lowest BCUT2D eigenvalue weighted by molar-refractivity contribution is -0.106. The molecule has 1 aliphatic heterocycles. The van der Waals surface area contributed by atoms with E-state index >= 15 is 0 Å². The number of fused-ring (bicyclic) bond motifs is 2. The molecule has 6 rings (SSSR count). The summed E-state index contributed by atoms with van der Waals surface area (Å²) in [7, 11) is 3.12. The fraction of sp³-hybridized carbons (Fsp3) is 0.478.